The Balaban J connectivity index is 1.60. The van der Waals surface area contributed by atoms with Crippen molar-refractivity contribution in [3.8, 4) is 0 Å². The Labute approximate surface area is 159 Å². The number of nitrogens with zero attached hydrogens (tertiary/aromatic N) is 1. The molecule has 0 bridgehead atoms. The second kappa shape index (κ2) is 7.84. The molecule has 0 saturated heterocycles. The number of alkyl halides is 3. The molecule has 2 amide bonds. The first-order valence-corrected chi connectivity index (χ1v) is 8.63. The lowest BCUT2D eigenvalue weighted by atomic mass is 10.1. The average molecular weight is 389 g/mol. The molecule has 1 aliphatic carbocycles. The smallest absolute Gasteiger partial charge is 0.318 e. The summed E-state index contributed by atoms with van der Waals surface area (Å²) in [5.41, 5.74) is 4.50. The van der Waals surface area contributed by atoms with Gasteiger partial charge in [-0.3, -0.25) is 9.59 Å². The van der Waals surface area contributed by atoms with Crippen molar-refractivity contribution < 1.29 is 22.8 Å². The highest BCUT2D eigenvalue weighted by Gasteiger charge is 2.43. The van der Waals surface area contributed by atoms with Crippen molar-refractivity contribution in [3.05, 3.63) is 65.7 Å². The quantitative estimate of drug-likeness (QED) is 0.603. The number of anilines is 1. The molecule has 146 valence electrons. The normalized spacial score (nSPS) is 19.1. The number of nitrogens with one attached hydrogen (secondary N) is 2. The Morgan fingerprint density at radius 1 is 1.07 bits per heavy atom. The van der Waals surface area contributed by atoms with Gasteiger partial charge < -0.3 is 5.32 Å². The predicted octanol–water partition coefficient (Wildman–Crippen LogP) is 3.83. The summed E-state index contributed by atoms with van der Waals surface area (Å²) in [4.78, 5) is 23.3. The van der Waals surface area contributed by atoms with Crippen LogP contribution in [-0.4, -0.2) is 23.7 Å². The Hall–Kier alpha value is -3.16. The lowest BCUT2D eigenvalue weighted by Gasteiger charge is -2.09. The van der Waals surface area contributed by atoms with E-state index in [2.05, 4.69) is 10.5 Å². The van der Waals surface area contributed by atoms with Crippen LogP contribution in [0.5, 0.6) is 0 Å². The molecule has 1 fully saturated rings. The second-order valence-corrected chi connectivity index (χ2v) is 6.57. The molecule has 3 rings (SSSR count). The van der Waals surface area contributed by atoms with E-state index in [1.807, 2.05) is 30.3 Å². The van der Waals surface area contributed by atoms with Crippen molar-refractivity contribution >= 4 is 23.2 Å². The van der Waals surface area contributed by atoms with Crippen molar-refractivity contribution in [1.82, 2.24) is 5.43 Å². The number of carbonyl (C=O) groups excluding carboxylic acids is 2. The first-order valence-electron chi connectivity index (χ1n) is 8.63. The van der Waals surface area contributed by atoms with Gasteiger partial charge in [0.25, 0.3) is 0 Å². The van der Waals surface area contributed by atoms with Gasteiger partial charge in [-0.2, -0.15) is 18.3 Å². The first kappa shape index (κ1) is 19.6. The number of amides is 2. The van der Waals surface area contributed by atoms with Crippen molar-refractivity contribution in [2.24, 2.45) is 11.0 Å². The molecular formula is C20H18F3N3O2. The van der Waals surface area contributed by atoms with Crippen LogP contribution < -0.4 is 10.7 Å². The minimum atomic E-state index is -4.97. The van der Waals surface area contributed by atoms with E-state index >= 15 is 0 Å². The van der Waals surface area contributed by atoms with E-state index in [0.717, 1.165) is 12.0 Å². The topological polar surface area (TPSA) is 70.6 Å². The molecule has 2 aromatic carbocycles. The van der Waals surface area contributed by atoms with Crippen molar-refractivity contribution in [1.29, 1.82) is 0 Å². The molecule has 2 aromatic rings. The maximum absolute atomic E-state index is 12.4. The van der Waals surface area contributed by atoms with Crippen molar-refractivity contribution in [2.45, 2.75) is 25.4 Å². The first-order chi connectivity index (χ1) is 13.3. The monoisotopic (exact) mass is 389 g/mol. The third-order valence-electron chi connectivity index (χ3n) is 4.48. The predicted molar refractivity (Wildman–Crippen MR) is 98.8 cm³/mol. The molecule has 2 unspecified atom stereocenters. The molecule has 0 spiro atoms. The van der Waals surface area contributed by atoms with Gasteiger partial charge in [0.2, 0.25) is 5.91 Å². The zero-order chi connectivity index (χ0) is 20.3. The average Bonchev–Trinajstić information content (AvgIpc) is 3.47. The van der Waals surface area contributed by atoms with E-state index in [1.165, 1.54) is 18.2 Å². The summed E-state index contributed by atoms with van der Waals surface area (Å²) in [6.07, 6.45) is -4.21. The van der Waals surface area contributed by atoms with Crippen LogP contribution in [0.1, 0.15) is 30.4 Å². The fourth-order valence-electron chi connectivity index (χ4n) is 2.86. The van der Waals surface area contributed by atoms with Crippen LogP contribution in [0.4, 0.5) is 18.9 Å². The van der Waals surface area contributed by atoms with Gasteiger partial charge in [0.15, 0.2) is 0 Å². The Kier molecular flexibility index (Phi) is 5.48. The zero-order valence-corrected chi connectivity index (χ0v) is 15.0. The number of benzene rings is 2. The molecule has 2 N–H and O–H groups in total. The third-order valence-corrected chi connectivity index (χ3v) is 4.48. The van der Waals surface area contributed by atoms with Crippen molar-refractivity contribution in [3.63, 3.8) is 0 Å². The van der Waals surface area contributed by atoms with E-state index in [1.54, 1.807) is 18.3 Å². The number of hydrazone groups is 1. The highest BCUT2D eigenvalue weighted by Crippen LogP contribution is 2.47. The highest BCUT2D eigenvalue weighted by molar-refractivity contribution is 6.01. The third kappa shape index (κ3) is 4.76. The summed E-state index contributed by atoms with van der Waals surface area (Å²) in [6, 6.07) is 15.5. The summed E-state index contributed by atoms with van der Waals surface area (Å²) in [5.74, 6) is -2.21. The van der Waals surface area contributed by atoms with Crippen molar-refractivity contribution in [2.75, 3.05) is 5.32 Å². The van der Waals surface area contributed by atoms with E-state index in [9.17, 15) is 22.8 Å². The van der Waals surface area contributed by atoms with E-state index in [4.69, 9.17) is 0 Å². The van der Waals surface area contributed by atoms with E-state index in [0.29, 0.717) is 11.3 Å². The highest BCUT2D eigenvalue weighted by atomic mass is 19.4. The fraction of sp³-hybridized carbons (Fsp3) is 0.250. The lowest BCUT2D eigenvalue weighted by Crippen LogP contribution is -2.30. The second-order valence-electron chi connectivity index (χ2n) is 6.57. The number of hydrogen-bond donors (Lipinski definition) is 2. The molecular weight excluding hydrogens is 371 g/mol. The standard InChI is InChI=1S/C20H18F3N3O2/c1-12(14-8-5-9-15(10-14)24-19(28)20(21,22)23)25-26-18(27)17-11-16(17)13-6-3-2-4-7-13/h2-10,16-17H,11H2,1H3,(H,24,28)(H,26,27)/b25-12-. The van der Waals surface area contributed by atoms with Crippen LogP contribution in [0.25, 0.3) is 0 Å². The molecule has 0 aromatic heterocycles. The van der Waals surface area contributed by atoms with E-state index < -0.39 is 12.1 Å². The van der Waals surface area contributed by atoms with Crippen LogP contribution in [0, 0.1) is 5.92 Å². The van der Waals surface area contributed by atoms with Gasteiger partial charge in [-0.1, -0.05) is 42.5 Å². The van der Waals surface area contributed by atoms with Crippen LogP contribution in [0.15, 0.2) is 59.7 Å². The summed E-state index contributed by atoms with van der Waals surface area (Å²) in [6.45, 7) is 1.62. The molecule has 5 nitrogen and oxygen atoms in total. The summed E-state index contributed by atoms with van der Waals surface area (Å²) in [7, 11) is 0. The summed E-state index contributed by atoms with van der Waals surface area (Å²) >= 11 is 0. The lowest BCUT2D eigenvalue weighted by molar-refractivity contribution is -0.167. The fourth-order valence-corrected chi connectivity index (χ4v) is 2.86. The molecule has 0 radical (unpaired) electrons. The van der Waals surface area contributed by atoms with Gasteiger partial charge in [0.1, 0.15) is 0 Å². The maximum atomic E-state index is 12.4. The molecule has 8 heteroatoms. The minimum absolute atomic E-state index is 0.00737. The number of rotatable bonds is 5. The maximum Gasteiger partial charge on any atom is 0.471 e. The minimum Gasteiger partial charge on any atom is -0.318 e. The molecule has 0 aliphatic heterocycles. The van der Waals surface area contributed by atoms with Crippen LogP contribution in [-0.2, 0) is 9.59 Å². The Bertz CT molecular complexity index is 910. The molecule has 1 aliphatic rings. The molecule has 1 saturated carbocycles. The van der Waals surface area contributed by atoms with Crippen LogP contribution in [0.3, 0.4) is 0 Å². The Morgan fingerprint density at radius 3 is 2.46 bits per heavy atom. The molecule has 2 atom stereocenters. The summed E-state index contributed by atoms with van der Waals surface area (Å²) in [5, 5.41) is 5.82. The molecule has 0 heterocycles. The molecule has 28 heavy (non-hydrogen) atoms. The van der Waals surface area contributed by atoms with Gasteiger partial charge in [0.05, 0.1) is 5.71 Å². The number of carbonyl (C=O) groups is 2. The van der Waals surface area contributed by atoms with Gasteiger partial charge in [0, 0.05) is 11.6 Å². The van der Waals surface area contributed by atoms with Crippen LogP contribution >= 0.6 is 0 Å². The van der Waals surface area contributed by atoms with Gasteiger partial charge in [-0.15, -0.1) is 0 Å². The number of halogens is 3. The SMILES string of the molecule is C/C(=N/NC(=O)C1CC1c1ccccc1)c1cccc(NC(=O)C(F)(F)F)c1. The van der Waals surface area contributed by atoms with Gasteiger partial charge >= 0.3 is 12.1 Å². The van der Waals surface area contributed by atoms with E-state index in [-0.39, 0.29) is 23.4 Å². The van der Waals surface area contributed by atoms with Crippen LogP contribution in [0.2, 0.25) is 0 Å². The van der Waals surface area contributed by atoms with Gasteiger partial charge in [-0.05, 0) is 42.5 Å². The Morgan fingerprint density at radius 2 is 1.79 bits per heavy atom. The zero-order valence-electron chi connectivity index (χ0n) is 15.0. The largest absolute Gasteiger partial charge is 0.471 e. The number of hydrogen-bond acceptors (Lipinski definition) is 3. The van der Waals surface area contributed by atoms with Gasteiger partial charge in [-0.25, -0.2) is 5.43 Å². The summed E-state index contributed by atoms with van der Waals surface area (Å²) < 4.78 is 37.1.